The number of hydrogen-bond acceptors (Lipinski definition) is 2. The lowest BCUT2D eigenvalue weighted by molar-refractivity contribution is -0.0183. The zero-order valence-corrected chi connectivity index (χ0v) is 12.3. The fourth-order valence-corrected chi connectivity index (χ4v) is 2.81. The second kappa shape index (κ2) is 4.23. The fraction of sp³-hybridized carbons (Fsp3) is 0.533. The highest BCUT2D eigenvalue weighted by Gasteiger charge is 2.49. The van der Waals surface area contributed by atoms with Crippen LogP contribution in [-0.2, 0) is 0 Å². The molecule has 1 atom stereocenters. The zero-order chi connectivity index (χ0) is 14.4. The summed E-state index contributed by atoms with van der Waals surface area (Å²) < 4.78 is 0. The van der Waals surface area contributed by atoms with Crippen molar-refractivity contribution in [3.8, 4) is 0 Å². The van der Waals surface area contributed by atoms with Crippen LogP contribution in [0.15, 0.2) is 24.3 Å². The van der Waals surface area contributed by atoms with Crippen molar-refractivity contribution >= 4 is 11.7 Å². The summed E-state index contributed by atoms with van der Waals surface area (Å²) in [5.41, 5.74) is 0.197. The lowest BCUT2D eigenvalue weighted by atomic mass is 9.88. The van der Waals surface area contributed by atoms with Gasteiger partial charge in [-0.3, -0.25) is 4.90 Å². The van der Waals surface area contributed by atoms with Crippen molar-refractivity contribution in [3.63, 3.8) is 0 Å². The molecule has 19 heavy (non-hydrogen) atoms. The Hall–Kier alpha value is -1.55. The van der Waals surface area contributed by atoms with Crippen molar-refractivity contribution in [2.45, 2.75) is 45.4 Å². The highest BCUT2D eigenvalue weighted by molar-refractivity contribution is 5.95. The molecule has 0 saturated carbocycles. The normalized spacial score (nSPS) is 26.7. The number of urea groups is 1. The van der Waals surface area contributed by atoms with Gasteiger partial charge in [0, 0.05) is 19.0 Å². The maximum Gasteiger partial charge on any atom is 0.327 e. The Morgan fingerprint density at radius 1 is 1.21 bits per heavy atom. The van der Waals surface area contributed by atoms with E-state index in [0.29, 0.717) is 6.42 Å². The van der Waals surface area contributed by atoms with Crippen LogP contribution in [-0.4, -0.2) is 34.3 Å². The van der Waals surface area contributed by atoms with E-state index in [4.69, 9.17) is 0 Å². The molecule has 0 aromatic heterocycles. The molecule has 104 valence electrons. The largest absolute Gasteiger partial charge is 0.371 e. The third kappa shape index (κ3) is 2.21. The highest BCUT2D eigenvalue weighted by atomic mass is 16.3. The number of carbonyl (C=O) groups excluding carboxylic acids is 1. The van der Waals surface area contributed by atoms with Crippen molar-refractivity contribution in [2.24, 2.45) is 0 Å². The van der Waals surface area contributed by atoms with Gasteiger partial charge >= 0.3 is 6.03 Å². The maximum atomic E-state index is 12.6. The lowest BCUT2D eigenvalue weighted by Crippen LogP contribution is -2.67. The van der Waals surface area contributed by atoms with Crippen LogP contribution < -0.4 is 4.90 Å². The predicted octanol–water partition coefficient (Wildman–Crippen LogP) is 2.74. The van der Waals surface area contributed by atoms with Gasteiger partial charge in [-0.15, -0.1) is 0 Å². The number of aryl methyl sites for hydroxylation is 1. The summed E-state index contributed by atoms with van der Waals surface area (Å²) in [6.45, 7) is 7.58. The molecule has 0 spiro atoms. The molecular formula is C15H22N2O2. The summed E-state index contributed by atoms with van der Waals surface area (Å²) in [7, 11) is 1.78. The Morgan fingerprint density at radius 3 is 2.37 bits per heavy atom. The molecule has 1 fully saturated rings. The summed E-state index contributed by atoms with van der Waals surface area (Å²) in [5, 5.41) is 10.7. The Bertz CT molecular complexity index is 509. The number of carbonyl (C=O) groups is 1. The first-order valence-electron chi connectivity index (χ1n) is 6.53. The Labute approximate surface area is 114 Å². The number of anilines is 1. The number of para-hydroxylation sites is 1. The highest BCUT2D eigenvalue weighted by Crippen LogP contribution is 2.38. The van der Waals surface area contributed by atoms with Crippen molar-refractivity contribution < 1.29 is 9.90 Å². The number of rotatable bonds is 1. The van der Waals surface area contributed by atoms with Crippen molar-refractivity contribution in [1.82, 2.24) is 4.90 Å². The van der Waals surface area contributed by atoms with Crippen LogP contribution in [0.5, 0.6) is 0 Å². The first-order chi connectivity index (χ1) is 8.67. The topological polar surface area (TPSA) is 43.8 Å². The molecule has 0 bridgehead atoms. The standard InChI is InChI=1S/C15H22N2O2/c1-11-8-6-7-9-12(11)17-13(18)16(5)14(2,3)10-15(17,4)19/h6-9,19H,10H2,1-5H3. The van der Waals surface area contributed by atoms with E-state index >= 15 is 0 Å². The van der Waals surface area contributed by atoms with Crippen LogP contribution in [0.3, 0.4) is 0 Å². The van der Waals surface area contributed by atoms with Gasteiger partial charge in [0.15, 0.2) is 0 Å². The second-order valence-corrected chi connectivity index (χ2v) is 6.17. The molecule has 1 aliphatic rings. The molecular weight excluding hydrogens is 240 g/mol. The summed E-state index contributed by atoms with van der Waals surface area (Å²) in [5.74, 6) is 0. The van der Waals surface area contributed by atoms with Gasteiger partial charge in [0.25, 0.3) is 0 Å². The van der Waals surface area contributed by atoms with Crippen molar-refractivity contribution in [1.29, 1.82) is 0 Å². The van der Waals surface area contributed by atoms with E-state index < -0.39 is 5.72 Å². The number of amides is 2. The monoisotopic (exact) mass is 262 g/mol. The molecule has 1 heterocycles. The van der Waals surface area contributed by atoms with Crippen LogP contribution in [0.2, 0.25) is 0 Å². The van der Waals surface area contributed by atoms with Crippen LogP contribution in [0.1, 0.15) is 32.8 Å². The average molecular weight is 262 g/mol. The zero-order valence-electron chi connectivity index (χ0n) is 12.3. The average Bonchev–Trinajstić information content (AvgIpc) is 2.27. The predicted molar refractivity (Wildman–Crippen MR) is 76.1 cm³/mol. The third-order valence-corrected chi connectivity index (χ3v) is 3.99. The van der Waals surface area contributed by atoms with E-state index in [1.165, 1.54) is 4.90 Å². The van der Waals surface area contributed by atoms with Gasteiger partial charge in [-0.1, -0.05) is 18.2 Å². The molecule has 0 radical (unpaired) electrons. The number of benzene rings is 1. The minimum atomic E-state index is -1.18. The molecule has 1 saturated heterocycles. The molecule has 2 rings (SSSR count). The summed E-state index contributed by atoms with van der Waals surface area (Å²) in [4.78, 5) is 15.8. The SMILES string of the molecule is Cc1ccccc1N1C(=O)N(C)C(C)(C)CC1(C)O. The number of nitrogens with zero attached hydrogens (tertiary/aromatic N) is 2. The number of aliphatic hydroxyl groups is 1. The molecule has 4 heteroatoms. The van der Waals surface area contributed by atoms with E-state index in [9.17, 15) is 9.90 Å². The lowest BCUT2D eigenvalue weighted by Gasteiger charge is -2.52. The van der Waals surface area contributed by atoms with Gasteiger partial charge in [-0.2, -0.15) is 0 Å². The van der Waals surface area contributed by atoms with Crippen LogP contribution in [0, 0.1) is 6.92 Å². The molecule has 2 amide bonds. The molecule has 1 N–H and O–H groups in total. The molecule has 1 aromatic carbocycles. The Morgan fingerprint density at radius 2 is 1.79 bits per heavy atom. The van der Waals surface area contributed by atoms with Gasteiger partial charge in [0.05, 0.1) is 5.69 Å². The fourth-order valence-electron chi connectivity index (χ4n) is 2.81. The van der Waals surface area contributed by atoms with E-state index in [1.807, 2.05) is 45.0 Å². The van der Waals surface area contributed by atoms with Gasteiger partial charge < -0.3 is 10.0 Å². The minimum Gasteiger partial charge on any atom is -0.371 e. The first-order valence-corrected chi connectivity index (χ1v) is 6.53. The van der Waals surface area contributed by atoms with Crippen LogP contribution >= 0.6 is 0 Å². The van der Waals surface area contributed by atoms with Gasteiger partial charge in [0.1, 0.15) is 5.72 Å². The van der Waals surface area contributed by atoms with Gasteiger partial charge in [-0.25, -0.2) is 4.79 Å². The Kier molecular flexibility index (Phi) is 3.09. The third-order valence-electron chi connectivity index (χ3n) is 3.99. The van der Waals surface area contributed by atoms with E-state index in [2.05, 4.69) is 0 Å². The molecule has 1 aliphatic heterocycles. The summed E-state index contributed by atoms with van der Waals surface area (Å²) >= 11 is 0. The first kappa shape index (κ1) is 13.9. The van der Waals surface area contributed by atoms with Gasteiger partial charge in [-0.05, 0) is 39.3 Å². The summed E-state index contributed by atoms with van der Waals surface area (Å²) in [6.07, 6.45) is 0.497. The van der Waals surface area contributed by atoms with E-state index in [1.54, 1.807) is 18.9 Å². The quantitative estimate of drug-likeness (QED) is 0.845. The maximum absolute atomic E-state index is 12.6. The number of hydrogen-bond donors (Lipinski definition) is 1. The minimum absolute atomic E-state index is 0.171. The van der Waals surface area contributed by atoms with Gasteiger partial charge in [0.2, 0.25) is 0 Å². The molecule has 0 aliphatic carbocycles. The molecule has 1 aromatic rings. The molecule has 4 nitrogen and oxygen atoms in total. The van der Waals surface area contributed by atoms with Crippen molar-refractivity contribution in [2.75, 3.05) is 11.9 Å². The van der Waals surface area contributed by atoms with Crippen LogP contribution in [0.4, 0.5) is 10.5 Å². The Balaban J connectivity index is 2.51. The smallest absolute Gasteiger partial charge is 0.327 e. The van der Waals surface area contributed by atoms with Crippen molar-refractivity contribution in [3.05, 3.63) is 29.8 Å². The van der Waals surface area contributed by atoms with Crippen LogP contribution in [0.25, 0.3) is 0 Å². The second-order valence-electron chi connectivity index (χ2n) is 6.17. The van der Waals surface area contributed by atoms with E-state index in [-0.39, 0.29) is 11.6 Å². The van der Waals surface area contributed by atoms with E-state index in [0.717, 1.165) is 11.3 Å². The molecule has 1 unspecified atom stereocenters. The summed E-state index contributed by atoms with van der Waals surface area (Å²) in [6, 6.07) is 7.45.